The third kappa shape index (κ3) is 6.18. The maximum absolute atomic E-state index is 6.42. The number of guanidine groups is 1. The SMILES string of the molecule is C=C/C=C(\N=C(/N)N1CCC(n2cnc(C)c2)CC1)Nc1cc(C(C)C)c(OCC)cc1C. The van der Waals surface area contributed by atoms with E-state index in [4.69, 9.17) is 15.5 Å². The molecule has 0 aliphatic carbocycles. The minimum atomic E-state index is 0.341. The Morgan fingerprint density at radius 3 is 2.64 bits per heavy atom. The lowest BCUT2D eigenvalue weighted by molar-refractivity contribution is 0.264. The minimum Gasteiger partial charge on any atom is -0.494 e. The molecule has 1 aliphatic heterocycles. The lowest BCUT2D eigenvalue weighted by Gasteiger charge is -2.33. The first-order valence-corrected chi connectivity index (χ1v) is 11.8. The van der Waals surface area contributed by atoms with Crippen molar-refractivity contribution >= 4 is 11.6 Å². The number of piperidine rings is 1. The zero-order chi connectivity index (χ0) is 24.0. The Balaban J connectivity index is 1.73. The van der Waals surface area contributed by atoms with E-state index in [9.17, 15) is 0 Å². The molecule has 1 aromatic carbocycles. The van der Waals surface area contributed by atoms with Crippen molar-refractivity contribution in [3.05, 3.63) is 66.0 Å². The average Bonchev–Trinajstić information content (AvgIpc) is 3.22. The highest BCUT2D eigenvalue weighted by molar-refractivity contribution is 5.80. The molecule has 0 spiro atoms. The average molecular weight is 451 g/mol. The summed E-state index contributed by atoms with van der Waals surface area (Å²) in [5.74, 6) is 2.46. The van der Waals surface area contributed by atoms with Crippen LogP contribution in [0.15, 0.2) is 54.2 Å². The van der Waals surface area contributed by atoms with Gasteiger partial charge in [-0.2, -0.15) is 4.99 Å². The van der Waals surface area contributed by atoms with Crippen LogP contribution < -0.4 is 15.8 Å². The van der Waals surface area contributed by atoms with Crippen LogP contribution in [0.3, 0.4) is 0 Å². The number of aromatic nitrogens is 2. The molecule has 0 radical (unpaired) electrons. The summed E-state index contributed by atoms with van der Waals surface area (Å²) in [5, 5.41) is 3.45. The molecule has 2 aromatic rings. The van der Waals surface area contributed by atoms with E-state index in [1.807, 2.05) is 26.3 Å². The number of imidazole rings is 1. The van der Waals surface area contributed by atoms with Crippen molar-refractivity contribution in [1.29, 1.82) is 0 Å². The number of nitrogens with two attached hydrogens (primary N) is 1. The number of aryl methyl sites for hydroxylation is 2. The van der Waals surface area contributed by atoms with Crippen LogP contribution in [-0.4, -0.2) is 40.1 Å². The van der Waals surface area contributed by atoms with Crippen LogP contribution in [0.2, 0.25) is 0 Å². The van der Waals surface area contributed by atoms with Crippen LogP contribution in [0, 0.1) is 13.8 Å². The molecular weight excluding hydrogens is 412 g/mol. The molecule has 7 nitrogen and oxygen atoms in total. The summed E-state index contributed by atoms with van der Waals surface area (Å²) in [5.41, 5.74) is 10.7. The predicted molar refractivity (Wildman–Crippen MR) is 137 cm³/mol. The van der Waals surface area contributed by atoms with Crippen LogP contribution in [0.5, 0.6) is 5.75 Å². The number of nitrogens with one attached hydrogen (secondary N) is 1. The highest BCUT2D eigenvalue weighted by Crippen LogP contribution is 2.33. The minimum absolute atomic E-state index is 0.341. The van der Waals surface area contributed by atoms with Gasteiger partial charge in [0.25, 0.3) is 0 Å². The van der Waals surface area contributed by atoms with Gasteiger partial charge in [0.15, 0.2) is 5.96 Å². The molecule has 2 heterocycles. The number of nitrogens with zero attached hydrogens (tertiary/aromatic N) is 4. The van der Waals surface area contributed by atoms with Gasteiger partial charge < -0.3 is 25.3 Å². The first-order valence-electron chi connectivity index (χ1n) is 11.8. The van der Waals surface area contributed by atoms with Gasteiger partial charge in [0.05, 0.1) is 18.6 Å². The monoisotopic (exact) mass is 450 g/mol. The van der Waals surface area contributed by atoms with Crippen LogP contribution >= 0.6 is 0 Å². The summed E-state index contributed by atoms with van der Waals surface area (Å²) in [6.07, 6.45) is 9.62. The van der Waals surface area contributed by atoms with E-state index >= 15 is 0 Å². The molecule has 7 heteroatoms. The Labute approximate surface area is 198 Å². The largest absolute Gasteiger partial charge is 0.494 e. The molecule has 1 aromatic heterocycles. The van der Waals surface area contributed by atoms with Crippen molar-refractivity contribution in [2.45, 2.75) is 59.4 Å². The molecular formula is C26H38N6O. The van der Waals surface area contributed by atoms with E-state index in [2.05, 4.69) is 65.4 Å². The van der Waals surface area contributed by atoms with E-state index in [0.717, 1.165) is 54.2 Å². The van der Waals surface area contributed by atoms with Gasteiger partial charge in [-0.1, -0.05) is 26.5 Å². The van der Waals surface area contributed by atoms with Gasteiger partial charge in [-0.3, -0.25) is 0 Å². The summed E-state index contributed by atoms with van der Waals surface area (Å²) < 4.78 is 8.07. The molecule has 178 valence electrons. The number of benzene rings is 1. The van der Waals surface area contributed by atoms with E-state index in [1.54, 1.807) is 6.08 Å². The number of hydrogen-bond donors (Lipinski definition) is 2. The number of rotatable bonds is 8. The molecule has 0 amide bonds. The third-order valence-corrected chi connectivity index (χ3v) is 5.99. The van der Waals surface area contributed by atoms with Crippen molar-refractivity contribution in [2.75, 3.05) is 25.0 Å². The maximum atomic E-state index is 6.42. The second kappa shape index (κ2) is 11.1. The molecule has 1 saturated heterocycles. The Morgan fingerprint density at radius 1 is 1.33 bits per heavy atom. The first kappa shape index (κ1) is 24.4. The van der Waals surface area contributed by atoms with Crippen molar-refractivity contribution in [3.8, 4) is 5.75 Å². The Morgan fingerprint density at radius 2 is 2.06 bits per heavy atom. The number of likely N-dealkylation sites (tertiary alicyclic amines) is 1. The van der Waals surface area contributed by atoms with Gasteiger partial charge in [-0.15, -0.1) is 0 Å². The van der Waals surface area contributed by atoms with E-state index in [-0.39, 0.29) is 0 Å². The van der Waals surface area contributed by atoms with Gasteiger partial charge in [-0.25, -0.2) is 4.98 Å². The van der Waals surface area contributed by atoms with E-state index in [0.29, 0.717) is 30.3 Å². The molecule has 1 aliphatic rings. The lowest BCUT2D eigenvalue weighted by atomic mass is 9.99. The Kier molecular flexibility index (Phi) is 8.20. The molecule has 33 heavy (non-hydrogen) atoms. The molecule has 0 unspecified atom stereocenters. The highest BCUT2D eigenvalue weighted by Gasteiger charge is 2.22. The van der Waals surface area contributed by atoms with Crippen LogP contribution in [0.1, 0.15) is 62.4 Å². The zero-order valence-corrected chi connectivity index (χ0v) is 20.6. The second-order valence-electron chi connectivity index (χ2n) is 8.86. The number of anilines is 1. The molecule has 3 N–H and O–H groups in total. The number of hydrogen-bond acceptors (Lipinski definition) is 4. The van der Waals surface area contributed by atoms with E-state index in [1.165, 1.54) is 0 Å². The normalized spacial score (nSPS) is 15.8. The van der Waals surface area contributed by atoms with Gasteiger partial charge in [-0.05, 0) is 68.9 Å². The third-order valence-electron chi connectivity index (χ3n) is 5.99. The topological polar surface area (TPSA) is 80.7 Å². The molecule has 3 rings (SSSR count). The summed E-state index contributed by atoms with van der Waals surface area (Å²) >= 11 is 0. The first-order chi connectivity index (χ1) is 15.8. The van der Waals surface area contributed by atoms with Crippen molar-refractivity contribution in [1.82, 2.24) is 14.5 Å². The Hall–Kier alpha value is -3.22. The number of ether oxygens (including phenoxy) is 1. The van der Waals surface area contributed by atoms with Crippen molar-refractivity contribution < 1.29 is 4.74 Å². The summed E-state index contributed by atoms with van der Waals surface area (Å²) in [6, 6.07) is 4.69. The lowest BCUT2D eigenvalue weighted by Crippen LogP contribution is -2.43. The maximum Gasteiger partial charge on any atom is 0.197 e. The Bertz CT molecular complexity index is 1010. The number of allylic oxidation sites excluding steroid dienone is 2. The fraction of sp³-hybridized carbons (Fsp3) is 0.462. The standard InChI is InChI=1S/C26H38N6O/c1-7-9-25(29-23-15-22(18(3)4)24(33-8-2)14-19(23)5)30-26(27)31-12-10-21(11-13-31)32-16-20(6)28-17-32/h7,9,14-18,21,29H,1,8,10-13H2,2-6H3,(H2,27,30)/b25-9-. The van der Waals surface area contributed by atoms with E-state index < -0.39 is 0 Å². The molecule has 0 bridgehead atoms. The van der Waals surface area contributed by atoms with Crippen molar-refractivity contribution in [3.63, 3.8) is 0 Å². The summed E-state index contributed by atoms with van der Waals surface area (Å²) in [6.45, 7) is 16.6. The molecule has 1 fully saturated rings. The fourth-order valence-corrected chi connectivity index (χ4v) is 4.15. The smallest absolute Gasteiger partial charge is 0.197 e. The molecule has 0 atom stereocenters. The fourth-order valence-electron chi connectivity index (χ4n) is 4.15. The highest BCUT2D eigenvalue weighted by atomic mass is 16.5. The van der Waals surface area contributed by atoms with Gasteiger partial charge in [0.2, 0.25) is 0 Å². The quantitative estimate of drug-likeness (QED) is 0.332. The van der Waals surface area contributed by atoms with Crippen molar-refractivity contribution in [2.24, 2.45) is 10.7 Å². The van der Waals surface area contributed by atoms with Gasteiger partial charge in [0.1, 0.15) is 11.6 Å². The van der Waals surface area contributed by atoms with Crippen LogP contribution in [-0.2, 0) is 0 Å². The second-order valence-corrected chi connectivity index (χ2v) is 8.86. The summed E-state index contributed by atoms with van der Waals surface area (Å²) in [4.78, 5) is 11.2. The molecule has 0 saturated carbocycles. The van der Waals surface area contributed by atoms with Gasteiger partial charge in [0, 0.05) is 31.0 Å². The van der Waals surface area contributed by atoms with Crippen LogP contribution in [0.25, 0.3) is 0 Å². The summed E-state index contributed by atoms with van der Waals surface area (Å²) in [7, 11) is 0. The number of aliphatic imine (C=N–C) groups is 1. The zero-order valence-electron chi connectivity index (χ0n) is 20.6. The predicted octanol–water partition coefficient (Wildman–Crippen LogP) is 5.11. The van der Waals surface area contributed by atoms with Crippen LogP contribution in [0.4, 0.5) is 5.69 Å². The van der Waals surface area contributed by atoms with Gasteiger partial charge >= 0.3 is 0 Å².